The first-order chi connectivity index (χ1) is 10.6. The zero-order valence-corrected chi connectivity index (χ0v) is 11.4. The summed E-state index contributed by atoms with van der Waals surface area (Å²) in [6.45, 7) is 0. The average molecular weight is 294 g/mol. The van der Waals surface area contributed by atoms with E-state index in [0.717, 1.165) is 10.2 Å². The van der Waals surface area contributed by atoms with Crippen LogP contribution in [0.4, 0.5) is 4.39 Å². The highest BCUT2D eigenvalue weighted by molar-refractivity contribution is 5.95. The van der Waals surface area contributed by atoms with Crippen LogP contribution in [0.25, 0.3) is 11.3 Å². The molecule has 0 unspecified atom stereocenters. The molecular weight excluding hydrogens is 283 g/mol. The van der Waals surface area contributed by atoms with E-state index in [2.05, 4.69) is 5.10 Å². The Morgan fingerprint density at radius 1 is 0.909 bits per heavy atom. The number of carbonyl (C=O) groups is 1. The third-order valence-electron chi connectivity index (χ3n) is 3.15. The van der Waals surface area contributed by atoms with E-state index in [1.54, 1.807) is 6.07 Å². The second-order valence-electron chi connectivity index (χ2n) is 4.65. The van der Waals surface area contributed by atoms with Crippen molar-refractivity contribution in [1.29, 1.82) is 0 Å². The number of hydrogen-bond donors (Lipinski definition) is 0. The van der Waals surface area contributed by atoms with Gasteiger partial charge in [-0.3, -0.25) is 9.59 Å². The largest absolute Gasteiger partial charge is 0.281 e. The summed E-state index contributed by atoms with van der Waals surface area (Å²) in [4.78, 5) is 24.2. The monoisotopic (exact) mass is 294 g/mol. The minimum Gasteiger partial charge on any atom is -0.267 e. The van der Waals surface area contributed by atoms with E-state index in [1.165, 1.54) is 30.3 Å². The minimum absolute atomic E-state index is 0.196. The summed E-state index contributed by atoms with van der Waals surface area (Å²) in [5.41, 5.74) is 0.967. The van der Waals surface area contributed by atoms with Gasteiger partial charge in [0.1, 0.15) is 5.82 Å². The third-order valence-corrected chi connectivity index (χ3v) is 3.15. The third kappa shape index (κ3) is 2.69. The molecule has 0 aliphatic rings. The van der Waals surface area contributed by atoms with Crippen LogP contribution in [-0.2, 0) is 0 Å². The van der Waals surface area contributed by atoms with E-state index in [1.807, 2.05) is 30.3 Å². The molecule has 0 atom stereocenters. The first-order valence-electron chi connectivity index (χ1n) is 6.61. The van der Waals surface area contributed by atoms with Gasteiger partial charge in [0, 0.05) is 17.2 Å². The lowest BCUT2D eigenvalue weighted by Crippen LogP contribution is -2.29. The molecule has 0 saturated carbocycles. The van der Waals surface area contributed by atoms with Crippen LogP contribution in [0.3, 0.4) is 0 Å². The fourth-order valence-electron chi connectivity index (χ4n) is 2.03. The van der Waals surface area contributed by atoms with Gasteiger partial charge in [-0.2, -0.15) is 9.78 Å². The number of benzene rings is 2. The Bertz CT molecular complexity index is 871. The molecule has 3 rings (SSSR count). The van der Waals surface area contributed by atoms with Crippen molar-refractivity contribution < 1.29 is 9.18 Å². The lowest BCUT2D eigenvalue weighted by molar-refractivity contribution is 0.0939. The van der Waals surface area contributed by atoms with E-state index < -0.39 is 17.3 Å². The first kappa shape index (κ1) is 13.9. The van der Waals surface area contributed by atoms with Gasteiger partial charge in [0.15, 0.2) is 0 Å². The summed E-state index contributed by atoms with van der Waals surface area (Å²) < 4.78 is 13.7. The zero-order chi connectivity index (χ0) is 15.5. The summed E-state index contributed by atoms with van der Waals surface area (Å²) in [6, 6.07) is 17.0. The van der Waals surface area contributed by atoms with Gasteiger partial charge in [-0.15, -0.1) is 0 Å². The normalized spacial score (nSPS) is 10.4. The number of halogens is 1. The molecule has 4 nitrogen and oxygen atoms in total. The predicted molar refractivity (Wildman–Crippen MR) is 80.1 cm³/mol. The van der Waals surface area contributed by atoms with Crippen LogP contribution < -0.4 is 5.56 Å². The smallest absolute Gasteiger partial charge is 0.267 e. The van der Waals surface area contributed by atoms with Crippen molar-refractivity contribution in [2.24, 2.45) is 0 Å². The van der Waals surface area contributed by atoms with E-state index in [4.69, 9.17) is 0 Å². The molecule has 1 aromatic heterocycles. The quantitative estimate of drug-likeness (QED) is 0.730. The Kier molecular flexibility index (Phi) is 3.62. The van der Waals surface area contributed by atoms with Crippen molar-refractivity contribution in [2.75, 3.05) is 0 Å². The second-order valence-corrected chi connectivity index (χ2v) is 4.65. The maximum Gasteiger partial charge on any atom is 0.281 e. The van der Waals surface area contributed by atoms with Gasteiger partial charge in [0.2, 0.25) is 0 Å². The summed E-state index contributed by atoms with van der Waals surface area (Å²) in [5, 5.41) is 4.10. The molecular formula is C17H11FN2O2. The van der Waals surface area contributed by atoms with Crippen LogP contribution in [0.5, 0.6) is 0 Å². The second kappa shape index (κ2) is 5.73. The number of carbonyl (C=O) groups excluding carboxylic acids is 1. The Morgan fingerprint density at radius 3 is 2.27 bits per heavy atom. The fourth-order valence-corrected chi connectivity index (χ4v) is 2.03. The highest BCUT2D eigenvalue weighted by Gasteiger charge is 2.13. The van der Waals surface area contributed by atoms with E-state index in [-0.39, 0.29) is 5.56 Å². The van der Waals surface area contributed by atoms with Crippen LogP contribution in [0.1, 0.15) is 10.4 Å². The van der Waals surface area contributed by atoms with Crippen LogP contribution in [-0.4, -0.2) is 15.7 Å². The molecule has 22 heavy (non-hydrogen) atoms. The van der Waals surface area contributed by atoms with Crippen molar-refractivity contribution in [3.63, 3.8) is 0 Å². The Hall–Kier alpha value is -3.08. The average Bonchev–Trinajstić information content (AvgIpc) is 2.56. The summed E-state index contributed by atoms with van der Waals surface area (Å²) in [6.07, 6.45) is 0. The molecule has 0 aliphatic heterocycles. The lowest BCUT2D eigenvalue weighted by Gasteiger charge is -2.06. The molecule has 0 bridgehead atoms. The van der Waals surface area contributed by atoms with Gasteiger partial charge in [0.05, 0.1) is 5.69 Å². The lowest BCUT2D eigenvalue weighted by atomic mass is 10.1. The van der Waals surface area contributed by atoms with Gasteiger partial charge in [-0.1, -0.05) is 30.3 Å². The molecule has 5 heteroatoms. The molecule has 0 amide bonds. The standard InChI is InChI=1S/C17H11FN2O2/c18-14-8-6-13(7-9-14)17(22)20-16(21)11-10-15(19-20)12-4-2-1-3-5-12/h1-11H. The van der Waals surface area contributed by atoms with Crippen molar-refractivity contribution in [2.45, 2.75) is 0 Å². The topological polar surface area (TPSA) is 52.0 Å². The fraction of sp³-hybridized carbons (Fsp3) is 0. The summed E-state index contributed by atoms with van der Waals surface area (Å²) >= 11 is 0. The number of aromatic nitrogens is 2. The van der Waals surface area contributed by atoms with Crippen molar-refractivity contribution in [1.82, 2.24) is 9.78 Å². The minimum atomic E-state index is -0.595. The van der Waals surface area contributed by atoms with Crippen molar-refractivity contribution in [3.05, 3.63) is 88.5 Å². The molecule has 0 aliphatic carbocycles. The van der Waals surface area contributed by atoms with Crippen LogP contribution in [0.2, 0.25) is 0 Å². The molecule has 108 valence electrons. The molecule has 0 spiro atoms. The molecule has 0 radical (unpaired) electrons. The van der Waals surface area contributed by atoms with Crippen LogP contribution in [0.15, 0.2) is 71.5 Å². The molecule has 2 aromatic carbocycles. The molecule has 0 fully saturated rings. The van der Waals surface area contributed by atoms with Gasteiger partial charge in [-0.05, 0) is 30.3 Å². The Morgan fingerprint density at radius 2 is 1.59 bits per heavy atom. The number of hydrogen-bond acceptors (Lipinski definition) is 3. The van der Waals surface area contributed by atoms with Crippen molar-refractivity contribution in [3.8, 4) is 11.3 Å². The summed E-state index contributed by atoms with van der Waals surface area (Å²) in [7, 11) is 0. The van der Waals surface area contributed by atoms with Gasteiger partial charge >= 0.3 is 0 Å². The Labute approximate surface area is 125 Å². The zero-order valence-electron chi connectivity index (χ0n) is 11.4. The highest BCUT2D eigenvalue weighted by Crippen LogP contribution is 2.14. The van der Waals surface area contributed by atoms with Crippen LogP contribution >= 0.6 is 0 Å². The highest BCUT2D eigenvalue weighted by atomic mass is 19.1. The number of nitrogens with zero attached hydrogens (tertiary/aromatic N) is 2. The maximum absolute atomic E-state index is 12.9. The van der Waals surface area contributed by atoms with E-state index in [0.29, 0.717) is 5.69 Å². The summed E-state index contributed by atoms with van der Waals surface area (Å²) in [5.74, 6) is -1.04. The first-order valence-corrected chi connectivity index (χ1v) is 6.61. The molecule has 0 N–H and O–H groups in total. The predicted octanol–water partition coefficient (Wildman–Crippen LogP) is 2.74. The number of rotatable bonds is 2. The Balaban J connectivity index is 2.05. The SMILES string of the molecule is O=C(c1ccc(F)cc1)n1nc(-c2ccccc2)ccc1=O. The molecule has 0 saturated heterocycles. The maximum atomic E-state index is 12.9. The van der Waals surface area contributed by atoms with Crippen molar-refractivity contribution >= 4 is 5.91 Å². The molecule has 1 heterocycles. The van der Waals surface area contributed by atoms with Crippen LogP contribution in [0, 0.1) is 5.82 Å². The van der Waals surface area contributed by atoms with E-state index in [9.17, 15) is 14.0 Å². The van der Waals surface area contributed by atoms with Gasteiger partial charge < -0.3 is 0 Å². The van der Waals surface area contributed by atoms with Gasteiger partial charge in [-0.25, -0.2) is 4.39 Å². The van der Waals surface area contributed by atoms with E-state index >= 15 is 0 Å². The van der Waals surface area contributed by atoms with Gasteiger partial charge in [0.25, 0.3) is 11.5 Å². The molecule has 3 aromatic rings.